The van der Waals surface area contributed by atoms with E-state index in [0.717, 1.165) is 18.3 Å². The van der Waals surface area contributed by atoms with Crippen LogP contribution >= 0.6 is 0 Å². The molecule has 0 aliphatic heterocycles. The zero-order chi connectivity index (χ0) is 10.1. The maximum Gasteiger partial charge on any atom is 0.167 e. The molecule has 2 unspecified atom stereocenters. The number of hydrogen-bond donors (Lipinski definition) is 1. The van der Waals surface area contributed by atoms with Gasteiger partial charge in [0.1, 0.15) is 0 Å². The highest BCUT2D eigenvalue weighted by atomic mass is 15.5. The second-order valence-electron chi connectivity index (χ2n) is 4.32. The fraction of sp³-hybridized carbons (Fsp3) is 0.889. The smallest absolute Gasteiger partial charge is 0.167 e. The van der Waals surface area contributed by atoms with Crippen molar-refractivity contribution in [1.29, 1.82) is 0 Å². The molecule has 1 aliphatic rings. The van der Waals surface area contributed by atoms with Gasteiger partial charge in [0.25, 0.3) is 0 Å². The minimum atomic E-state index is -0.0867. The standard InChI is InChI=1S/C9H17N5/c1-6(8-3-4-8)5-14-9(7(2)10)11-12-13-14/h6-8H,3-5,10H2,1-2H3. The molecular formula is C9H17N5. The van der Waals surface area contributed by atoms with Gasteiger partial charge >= 0.3 is 0 Å². The lowest BCUT2D eigenvalue weighted by Gasteiger charge is -2.11. The molecule has 0 bridgehead atoms. The Labute approximate surface area is 83.7 Å². The minimum absolute atomic E-state index is 0.0867. The summed E-state index contributed by atoms with van der Waals surface area (Å²) in [5.74, 6) is 2.33. The molecule has 1 heterocycles. The third kappa shape index (κ3) is 1.92. The first-order valence-electron chi connectivity index (χ1n) is 5.20. The largest absolute Gasteiger partial charge is 0.322 e. The zero-order valence-corrected chi connectivity index (χ0v) is 8.72. The third-order valence-corrected chi connectivity index (χ3v) is 2.85. The Balaban J connectivity index is 2.03. The highest BCUT2D eigenvalue weighted by molar-refractivity contribution is 4.89. The monoisotopic (exact) mass is 195 g/mol. The number of rotatable bonds is 4. The Hall–Kier alpha value is -0.970. The summed E-state index contributed by atoms with van der Waals surface area (Å²) in [4.78, 5) is 0. The number of aromatic nitrogens is 4. The normalized spacial score (nSPS) is 20.8. The summed E-state index contributed by atoms with van der Waals surface area (Å²) in [5, 5.41) is 11.5. The van der Waals surface area contributed by atoms with Gasteiger partial charge in [0.2, 0.25) is 0 Å². The third-order valence-electron chi connectivity index (χ3n) is 2.85. The predicted octanol–water partition coefficient (Wildman–Crippen LogP) is 0.739. The Morgan fingerprint density at radius 1 is 1.50 bits per heavy atom. The first-order chi connectivity index (χ1) is 6.68. The number of hydrogen-bond acceptors (Lipinski definition) is 4. The Bertz CT molecular complexity index is 302. The van der Waals surface area contributed by atoms with Crippen molar-refractivity contribution in [2.75, 3.05) is 0 Å². The van der Waals surface area contributed by atoms with Crippen LogP contribution in [0.15, 0.2) is 0 Å². The molecule has 14 heavy (non-hydrogen) atoms. The maximum atomic E-state index is 5.76. The second-order valence-corrected chi connectivity index (χ2v) is 4.32. The van der Waals surface area contributed by atoms with Crippen molar-refractivity contribution in [3.8, 4) is 0 Å². The van der Waals surface area contributed by atoms with Crippen molar-refractivity contribution in [1.82, 2.24) is 20.2 Å². The van der Waals surface area contributed by atoms with E-state index in [1.807, 2.05) is 11.6 Å². The van der Waals surface area contributed by atoms with Gasteiger partial charge < -0.3 is 5.73 Å². The molecule has 1 aliphatic carbocycles. The molecule has 2 N–H and O–H groups in total. The average Bonchev–Trinajstić information content (AvgIpc) is 2.87. The summed E-state index contributed by atoms with van der Waals surface area (Å²) in [6.45, 7) is 5.06. The molecule has 0 aromatic carbocycles. The van der Waals surface area contributed by atoms with E-state index in [9.17, 15) is 0 Å². The second kappa shape index (κ2) is 3.65. The van der Waals surface area contributed by atoms with Gasteiger partial charge in [-0.1, -0.05) is 6.92 Å². The number of tetrazole rings is 1. The summed E-state index contributed by atoms with van der Waals surface area (Å²) >= 11 is 0. The summed E-state index contributed by atoms with van der Waals surface area (Å²) in [6, 6.07) is -0.0867. The summed E-state index contributed by atoms with van der Waals surface area (Å²) < 4.78 is 1.84. The summed E-state index contributed by atoms with van der Waals surface area (Å²) in [7, 11) is 0. The maximum absolute atomic E-state index is 5.76. The van der Waals surface area contributed by atoms with Gasteiger partial charge in [-0.3, -0.25) is 0 Å². The van der Waals surface area contributed by atoms with Gasteiger partial charge in [0.15, 0.2) is 5.82 Å². The van der Waals surface area contributed by atoms with Crippen molar-refractivity contribution < 1.29 is 0 Å². The highest BCUT2D eigenvalue weighted by Gasteiger charge is 2.29. The van der Waals surface area contributed by atoms with Gasteiger partial charge in [0.05, 0.1) is 6.04 Å². The first-order valence-corrected chi connectivity index (χ1v) is 5.20. The van der Waals surface area contributed by atoms with Crippen molar-refractivity contribution in [2.24, 2.45) is 17.6 Å². The van der Waals surface area contributed by atoms with Gasteiger partial charge in [-0.05, 0) is 42.0 Å². The Kier molecular flexibility index (Phi) is 2.50. The lowest BCUT2D eigenvalue weighted by atomic mass is 10.1. The predicted molar refractivity (Wildman–Crippen MR) is 52.3 cm³/mol. The number of nitrogens with two attached hydrogens (primary N) is 1. The molecule has 1 saturated carbocycles. The zero-order valence-electron chi connectivity index (χ0n) is 8.72. The SMILES string of the molecule is CC(N)c1nnnn1CC(C)C1CC1. The molecule has 1 aromatic heterocycles. The lowest BCUT2D eigenvalue weighted by Crippen LogP contribution is -2.18. The van der Waals surface area contributed by atoms with Crippen molar-refractivity contribution in [3.05, 3.63) is 5.82 Å². The highest BCUT2D eigenvalue weighted by Crippen LogP contribution is 2.37. The van der Waals surface area contributed by atoms with Gasteiger partial charge in [-0.15, -0.1) is 5.10 Å². The van der Waals surface area contributed by atoms with Gasteiger partial charge in [0, 0.05) is 6.54 Å². The van der Waals surface area contributed by atoms with Crippen molar-refractivity contribution in [2.45, 2.75) is 39.3 Å². The van der Waals surface area contributed by atoms with Crippen molar-refractivity contribution in [3.63, 3.8) is 0 Å². The van der Waals surface area contributed by atoms with Crippen LogP contribution in [-0.4, -0.2) is 20.2 Å². The molecule has 0 spiro atoms. The molecular weight excluding hydrogens is 178 g/mol. The van der Waals surface area contributed by atoms with E-state index in [2.05, 4.69) is 22.4 Å². The van der Waals surface area contributed by atoms with E-state index in [4.69, 9.17) is 5.73 Å². The Morgan fingerprint density at radius 2 is 2.21 bits per heavy atom. The Morgan fingerprint density at radius 3 is 2.79 bits per heavy atom. The molecule has 5 heteroatoms. The van der Waals surface area contributed by atoms with Crippen LogP contribution in [0, 0.1) is 11.8 Å². The van der Waals surface area contributed by atoms with E-state index < -0.39 is 0 Å². The topological polar surface area (TPSA) is 69.6 Å². The molecule has 0 saturated heterocycles. The summed E-state index contributed by atoms with van der Waals surface area (Å²) in [5.41, 5.74) is 5.76. The van der Waals surface area contributed by atoms with Crippen LogP contribution in [0.3, 0.4) is 0 Å². The lowest BCUT2D eigenvalue weighted by molar-refractivity contribution is 0.387. The van der Waals surface area contributed by atoms with E-state index in [1.54, 1.807) is 0 Å². The van der Waals surface area contributed by atoms with Gasteiger partial charge in [-0.25, -0.2) is 4.68 Å². The van der Waals surface area contributed by atoms with Gasteiger partial charge in [-0.2, -0.15) is 0 Å². The quantitative estimate of drug-likeness (QED) is 0.769. The molecule has 1 fully saturated rings. The van der Waals surface area contributed by atoms with Crippen LogP contribution in [-0.2, 0) is 6.54 Å². The van der Waals surface area contributed by atoms with Crippen LogP contribution < -0.4 is 5.73 Å². The molecule has 2 rings (SSSR count). The van der Waals surface area contributed by atoms with E-state index in [0.29, 0.717) is 5.92 Å². The van der Waals surface area contributed by atoms with Crippen LogP contribution in [0.25, 0.3) is 0 Å². The minimum Gasteiger partial charge on any atom is -0.322 e. The van der Waals surface area contributed by atoms with E-state index in [-0.39, 0.29) is 6.04 Å². The van der Waals surface area contributed by atoms with Crippen LogP contribution in [0.5, 0.6) is 0 Å². The van der Waals surface area contributed by atoms with E-state index >= 15 is 0 Å². The van der Waals surface area contributed by atoms with E-state index in [1.165, 1.54) is 12.8 Å². The molecule has 5 nitrogen and oxygen atoms in total. The first kappa shape index (κ1) is 9.58. The fourth-order valence-electron chi connectivity index (χ4n) is 1.75. The average molecular weight is 195 g/mol. The summed E-state index contributed by atoms with van der Waals surface area (Å²) in [6.07, 6.45) is 2.72. The van der Waals surface area contributed by atoms with Crippen molar-refractivity contribution >= 4 is 0 Å². The molecule has 0 radical (unpaired) electrons. The molecule has 1 aromatic rings. The molecule has 0 amide bonds. The van der Waals surface area contributed by atoms with Crippen LogP contribution in [0.4, 0.5) is 0 Å². The van der Waals surface area contributed by atoms with Crippen LogP contribution in [0.1, 0.15) is 38.6 Å². The molecule has 2 atom stereocenters. The van der Waals surface area contributed by atoms with Crippen LogP contribution in [0.2, 0.25) is 0 Å². The fourth-order valence-corrected chi connectivity index (χ4v) is 1.75. The number of nitrogens with zero attached hydrogens (tertiary/aromatic N) is 4. The molecule has 78 valence electrons.